The van der Waals surface area contributed by atoms with Crippen molar-refractivity contribution >= 4 is 16.5 Å². The molecule has 1 atom stereocenters. The fourth-order valence-corrected chi connectivity index (χ4v) is 3.44. The number of likely N-dealkylation sites (tertiary alicyclic amines) is 1. The van der Waals surface area contributed by atoms with E-state index in [1.54, 1.807) is 0 Å². The summed E-state index contributed by atoms with van der Waals surface area (Å²) in [5.41, 5.74) is 2.98. The van der Waals surface area contributed by atoms with Gasteiger partial charge in [0.05, 0.1) is 6.54 Å². The molecule has 0 spiro atoms. The second-order valence-electron chi connectivity index (χ2n) is 6.42. The second kappa shape index (κ2) is 6.15. The summed E-state index contributed by atoms with van der Waals surface area (Å²) in [4.78, 5) is 2.49. The van der Waals surface area contributed by atoms with Crippen molar-refractivity contribution in [3.05, 3.63) is 5.01 Å². The topological polar surface area (TPSA) is 67.1 Å². The number of hydrogen-bond donors (Lipinski definition) is 2. The number of nitrogen functional groups attached to an aromatic ring is 1. The van der Waals surface area contributed by atoms with Crippen molar-refractivity contribution in [3.63, 3.8) is 0 Å². The first-order valence-electron chi connectivity index (χ1n) is 7.00. The summed E-state index contributed by atoms with van der Waals surface area (Å²) in [6, 6.07) is 0. The van der Waals surface area contributed by atoms with Crippen LogP contribution in [0.25, 0.3) is 0 Å². The lowest BCUT2D eigenvalue weighted by Crippen LogP contribution is -2.26. The average Bonchev–Trinajstić information content (AvgIpc) is 2.65. The maximum Gasteiger partial charge on any atom is 0.219 e. The van der Waals surface area contributed by atoms with E-state index < -0.39 is 0 Å². The van der Waals surface area contributed by atoms with Crippen LogP contribution in [-0.4, -0.2) is 28.2 Å². The van der Waals surface area contributed by atoms with Gasteiger partial charge < -0.3 is 0 Å². The third kappa shape index (κ3) is 4.12. The molecule has 1 fully saturated rings. The third-order valence-corrected chi connectivity index (χ3v) is 4.83. The van der Waals surface area contributed by atoms with Crippen molar-refractivity contribution in [1.29, 1.82) is 0 Å². The predicted octanol–water partition coefficient (Wildman–Crippen LogP) is 2.47. The standard InChI is InChI=1S/C13H25N5S/c1-13(2,3)10-5-4-7-18(8-6-10)9-11-16-17-12(15-14)19-11/h10H,4-9,14H2,1-3H3,(H,15,17). The molecule has 1 aromatic rings. The Labute approximate surface area is 119 Å². The zero-order valence-electron chi connectivity index (χ0n) is 12.1. The summed E-state index contributed by atoms with van der Waals surface area (Å²) in [5, 5.41) is 9.88. The Morgan fingerprint density at radius 3 is 2.74 bits per heavy atom. The van der Waals surface area contributed by atoms with Gasteiger partial charge in [-0.25, -0.2) is 5.84 Å². The maximum absolute atomic E-state index is 5.33. The molecule has 0 saturated carbocycles. The third-order valence-electron chi connectivity index (χ3n) is 3.99. The van der Waals surface area contributed by atoms with Gasteiger partial charge in [0.15, 0.2) is 0 Å². The molecule has 2 heterocycles. The van der Waals surface area contributed by atoms with Gasteiger partial charge in [0, 0.05) is 0 Å². The van der Waals surface area contributed by atoms with E-state index in [-0.39, 0.29) is 0 Å². The maximum atomic E-state index is 5.33. The molecule has 5 nitrogen and oxygen atoms in total. The van der Waals surface area contributed by atoms with Crippen molar-refractivity contribution in [2.75, 3.05) is 18.5 Å². The molecule has 3 N–H and O–H groups in total. The largest absolute Gasteiger partial charge is 0.298 e. The highest BCUT2D eigenvalue weighted by molar-refractivity contribution is 7.15. The Kier molecular flexibility index (Phi) is 4.76. The van der Waals surface area contributed by atoms with E-state index in [0.717, 1.165) is 30.6 Å². The molecular formula is C13H25N5S. The first-order valence-corrected chi connectivity index (χ1v) is 7.82. The van der Waals surface area contributed by atoms with Gasteiger partial charge in [-0.3, -0.25) is 10.3 Å². The molecular weight excluding hydrogens is 258 g/mol. The molecule has 19 heavy (non-hydrogen) atoms. The Balaban J connectivity index is 1.89. The fraction of sp³-hybridized carbons (Fsp3) is 0.846. The second-order valence-corrected chi connectivity index (χ2v) is 7.48. The monoisotopic (exact) mass is 283 g/mol. The smallest absolute Gasteiger partial charge is 0.219 e. The van der Waals surface area contributed by atoms with E-state index in [9.17, 15) is 0 Å². The summed E-state index contributed by atoms with van der Waals surface area (Å²) in [6.45, 7) is 10.3. The number of aromatic nitrogens is 2. The van der Waals surface area contributed by atoms with Crippen LogP contribution in [0.5, 0.6) is 0 Å². The van der Waals surface area contributed by atoms with E-state index in [0.29, 0.717) is 10.5 Å². The van der Waals surface area contributed by atoms with E-state index in [1.807, 2.05) is 0 Å². The van der Waals surface area contributed by atoms with Crippen molar-refractivity contribution in [1.82, 2.24) is 15.1 Å². The van der Waals surface area contributed by atoms with Crippen LogP contribution < -0.4 is 11.3 Å². The number of rotatable bonds is 3. The Morgan fingerprint density at radius 2 is 2.11 bits per heavy atom. The Bertz CT molecular complexity index is 398. The minimum Gasteiger partial charge on any atom is -0.298 e. The summed E-state index contributed by atoms with van der Waals surface area (Å²) in [6.07, 6.45) is 3.90. The quantitative estimate of drug-likeness (QED) is 0.659. The molecule has 108 valence electrons. The zero-order valence-corrected chi connectivity index (χ0v) is 13.0. The van der Waals surface area contributed by atoms with Crippen LogP contribution in [0, 0.1) is 11.3 Å². The van der Waals surface area contributed by atoms with E-state index >= 15 is 0 Å². The molecule has 0 aromatic carbocycles. The summed E-state index contributed by atoms with van der Waals surface area (Å²) >= 11 is 1.54. The van der Waals surface area contributed by atoms with Crippen LogP contribution >= 0.6 is 11.3 Å². The lowest BCUT2D eigenvalue weighted by molar-refractivity contribution is 0.206. The van der Waals surface area contributed by atoms with E-state index in [1.165, 1.54) is 30.6 Å². The van der Waals surface area contributed by atoms with Crippen LogP contribution in [-0.2, 0) is 6.54 Å². The van der Waals surface area contributed by atoms with Crippen LogP contribution in [0.3, 0.4) is 0 Å². The number of nitrogens with one attached hydrogen (secondary N) is 1. The van der Waals surface area contributed by atoms with Gasteiger partial charge in [0.25, 0.3) is 0 Å². The Hall–Kier alpha value is -0.720. The summed E-state index contributed by atoms with van der Waals surface area (Å²) in [7, 11) is 0. The van der Waals surface area contributed by atoms with Crippen molar-refractivity contribution < 1.29 is 0 Å². The number of hydrazine groups is 1. The van der Waals surface area contributed by atoms with Crippen LogP contribution in [0.1, 0.15) is 45.0 Å². The fourth-order valence-electron chi connectivity index (χ4n) is 2.75. The van der Waals surface area contributed by atoms with Gasteiger partial charge in [0.1, 0.15) is 5.01 Å². The number of anilines is 1. The van der Waals surface area contributed by atoms with Crippen molar-refractivity contribution in [2.24, 2.45) is 17.2 Å². The first kappa shape index (κ1) is 14.7. The van der Waals surface area contributed by atoms with Gasteiger partial charge >= 0.3 is 0 Å². The van der Waals surface area contributed by atoms with Gasteiger partial charge in [-0.1, -0.05) is 32.1 Å². The molecule has 1 saturated heterocycles. The van der Waals surface area contributed by atoms with E-state index in [4.69, 9.17) is 5.84 Å². The molecule has 1 aliphatic heterocycles. The molecule has 0 aliphatic carbocycles. The molecule has 1 unspecified atom stereocenters. The Morgan fingerprint density at radius 1 is 1.32 bits per heavy atom. The molecule has 0 bridgehead atoms. The highest BCUT2D eigenvalue weighted by Crippen LogP contribution is 2.34. The first-order chi connectivity index (χ1) is 8.99. The zero-order chi connectivity index (χ0) is 13.9. The van der Waals surface area contributed by atoms with Gasteiger partial charge in [-0.15, -0.1) is 10.2 Å². The summed E-state index contributed by atoms with van der Waals surface area (Å²) < 4.78 is 0. The number of nitrogens with zero attached hydrogens (tertiary/aromatic N) is 3. The summed E-state index contributed by atoms with van der Waals surface area (Å²) in [5.74, 6) is 6.16. The average molecular weight is 283 g/mol. The highest BCUT2D eigenvalue weighted by Gasteiger charge is 2.27. The lowest BCUT2D eigenvalue weighted by atomic mass is 9.77. The minimum atomic E-state index is 0.426. The lowest BCUT2D eigenvalue weighted by Gasteiger charge is -2.29. The van der Waals surface area contributed by atoms with E-state index in [2.05, 4.69) is 41.3 Å². The molecule has 2 rings (SSSR count). The normalized spacial score (nSPS) is 22.2. The minimum absolute atomic E-state index is 0.426. The molecule has 6 heteroatoms. The van der Waals surface area contributed by atoms with Crippen molar-refractivity contribution in [2.45, 2.75) is 46.6 Å². The van der Waals surface area contributed by atoms with Gasteiger partial charge in [-0.05, 0) is 43.7 Å². The highest BCUT2D eigenvalue weighted by atomic mass is 32.1. The predicted molar refractivity (Wildman–Crippen MR) is 79.8 cm³/mol. The van der Waals surface area contributed by atoms with Crippen LogP contribution in [0.4, 0.5) is 5.13 Å². The SMILES string of the molecule is CC(C)(C)C1CCCN(Cc2nnc(NN)s2)CC1. The van der Waals surface area contributed by atoms with Crippen LogP contribution in [0.2, 0.25) is 0 Å². The van der Waals surface area contributed by atoms with Crippen LogP contribution in [0.15, 0.2) is 0 Å². The number of hydrogen-bond acceptors (Lipinski definition) is 6. The van der Waals surface area contributed by atoms with Gasteiger partial charge in [0.2, 0.25) is 5.13 Å². The molecule has 0 radical (unpaired) electrons. The van der Waals surface area contributed by atoms with Crippen molar-refractivity contribution in [3.8, 4) is 0 Å². The van der Waals surface area contributed by atoms with Gasteiger partial charge in [-0.2, -0.15) is 0 Å². The number of nitrogens with two attached hydrogens (primary N) is 1. The molecule has 0 amide bonds. The molecule has 1 aliphatic rings. The molecule has 1 aromatic heterocycles.